The molecule has 1 aromatic carbocycles. The van der Waals surface area contributed by atoms with Crippen molar-refractivity contribution in [2.45, 2.75) is 56.4 Å². The van der Waals surface area contributed by atoms with Gasteiger partial charge in [-0.15, -0.1) is 0 Å². The van der Waals surface area contributed by atoms with E-state index < -0.39 is 12.2 Å². The molecule has 2 saturated heterocycles. The summed E-state index contributed by atoms with van der Waals surface area (Å²) in [6.07, 6.45) is 4.31. The van der Waals surface area contributed by atoms with E-state index in [1.807, 2.05) is 0 Å². The number of hydrogen-bond acceptors (Lipinski definition) is 3. The molecule has 1 aromatic rings. The summed E-state index contributed by atoms with van der Waals surface area (Å²) in [6.45, 7) is -2.87. The fourth-order valence-corrected chi connectivity index (χ4v) is 3.60. The van der Waals surface area contributed by atoms with Crippen molar-refractivity contribution >= 4 is 0 Å². The van der Waals surface area contributed by atoms with Gasteiger partial charge in [0.2, 0.25) is 0 Å². The Morgan fingerprint density at radius 2 is 1.85 bits per heavy atom. The quantitative estimate of drug-likeness (QED) is 0.896. The molecule has 2 bridgehead atoms. The van der Waals surface area contributed by atoms with E-state index in [-0.39, 0.29) is 17.8 Å². The average molecular weight is 283 g/mol. The summed E-state index contributed by atoms with van der Waals surface area (Å²) < 4.78 is 29.6. The average Bonchev–Trinajstić information content (AvgIpc) is 2.37. The van der Waals surface area contributed by atoms with Crippen LogP contribution in [-0.2, 0) is 5.60 Å². The largest absolute Gasteiger partial charge is 0.434 e. The number of rotatable bonds is 3. The molecule has 0 aliphatic carbocycles. The van der Waals surface area contributed by atoms with Gasteiger partial charge in [0, 0.05) is 17.6 Å². The van der Waals surface area contributed by atoms with E-state index in [4.69, 9.17) is 0 Å². The molecule has 2 atom stereocenters. The van der Waals surface area contributed by atoms with Crippen LogP contribution in [-0.4, -0.2) is 23.8 Å². The summed E-state index contributed by atoms with van der Waals surface area (Å²) in [4.78, 5) is 0. The minimum atomic E-state index is -2.87. The Labute approximate surface area is 116 Å². The number of nitrogens with one attached hydrogen (secondary N) is 1. The Balaban J connectivity index is 1.91. The molecular weight excluding hydrogens is 264 g/mol. The number of benzene rings is 1. The van der Waals surface area contributed by atoms with Crippen LogP contribution in [0.25, 0.3) is 0 Å². The molecule has 2 N–H and O–H groups in total. The van der Waals surface area contributed by atoms with Crippen LogP contribution in [0.15, 0.2) is 24.3 Å². The van der Waals surface area contributed by atoms with Gasteiger partial charge in [0.25, 0.3) is 0 Å². The zero-order valence-corrected chi connectivity index (χ0v) is 11.2. The van der Waals surface area contributed by atoms with Crippen molar-refractivity contribution in [3.05, 3.63) is 29.8 Å². The number of alkyl halides is 2. The van der Waals surface area contributed by atoms with Gasteiger partial charge in [0.05, 0.1) is 5.60 Å². The third kappa shape index (κ3) is 2.65. The van der Waals surface area contributed by atoms with Crippen molar-refractivity contribution in [2.24, 2.45) is 0 Å². The lowest BCUT2D eigenvalue weighted by atomic mass is 9.73. The van der Waals surface area contributed by atoms with E-state index in [2.05, 4.69) is 10.1 Å². The van der Waals surface area contributed by atoms with Crippen molar-refractivity contribution in [1.82, 2.24) is 5.32 Å². The van der Waals surface area contributed by atoms with Gasteiger partial charge in [-0.25, -0.2) is 0 Å². The van der Waals surface area contributed by atoms with E-state index in [1.165, 1.54) is 6.07 Å². The van der Waals surface area contributed by atoms with Crippen LogP contribution in [0.1, 0.15) is 37.7 Å². The molecule has 0 saturated carbocycles. The molecule has 0 amide bonds. The normalized spacial score (nSPS) is 33.2. The molecule has 2 heterocycles. The molecule has 2 fully saturated rings. The van der Waals surface area contributed by atoms with Crippen LogP contribution < -0.4 is 10.1 Å². The van der Waals surface area contributed by atoms with Crippen LogP contribution in [0, 0.1) is 0 Å². The second kappa shape index (κ2) is 5.30. The molecule has 0 radical (unpaired) electrons. The highest BCUT2D eigenvalue weighted by atomic mass is 19.3. The summed E-state index contributed by atoms with van der Waals surface area (Å²) in [5.41, 5.74) is -0.592. The fourth-order valence-electron chi connectivity index (χ4n) is 3.60. The van der Waals surface area contributed by atoms with Crippen molar-refractivity contribution < 1.29 is 18.6 Å². The minimum Gasteiger partial charge on any atom is -0.434 e. The Morgan fingerprint density at radius 3 is 2.50 bits per heavy atom. The fraction of sp³-hybridized carbons (Fsp3) is 0.600. The van der Waals surface area contributed by atoms with Gasteiger partial charge < -0.3 is 15.2 Å². The van der Waals surface area contributed by atoms with Gasteiger partial charge >= 0.3 is 6.61 Å². The number of para-hydroxylation sites is 1. The summed E-state index contributed by atoms with van der Waals surface area (Å²) in [6, 6.07) is 7.10. The molecule has 3 nitrogen and oxygen atoms in total. The third-order valence-corrected chi connectivity index (χ3v) is 4.35. The van der Waals surface area contributed by atoms with Crippen LogP contribution in [0.4, 0.5) is 8.78 Å². The molecule has 2 aliphatic rings. The van der Waals surface area contributed by atoms with Crippen molar-refractivity contribution in [1.29, 1.82) is 0 Å². The monoisotopic (exact) mass is 283 g/mol. The van der Waals surface area contributed by atoms with E-state index in [9.17, 15) is 13.9 Å². The van der Waals surface area contributed by atoms with E-state index in [0.717, 1.165) is 19.3 Å². The van der Waals surface area contributed by atoms with Gasteiger partial charge in [-0.1, -0.05) is 24.6 Å². The highest BCUT2D eigenvalue weighted by Gasteiger charge is 2.43. The first-order chi connectivity index (χ1) is 9.57. The maximum absolute atomic E-state index is 12.5. The third-order valence-electron chi connectivity index (χ3n) is 4.35. The standard InChI is InChI=1S/C15H19F2NO2/c16-14(17)20-13-7-2-1-6-12(13)15(19)8-10-4-3-5-11(9-15)18-10/h1-2,6-7,10-11,14,18-19H,3-5,8-9H2. The van der Waals surface area contributed by atoms with Crippen molar-refractivity contribution in [3.8, 4) is 5.75 Å². The summed E-state index contributed by atoms with van der Waals surface area (Å²) in [7, 11) is 0. The van der Waals surface area contributed by atoms with Crippen LogP contribution in [0.3, 0.4) is 0 Å². The predicted octanol–water partition coefficient (Wildman–Crippen LogP) is 2.78. The van der Waals surface area contributed by atoms with Gasteiger partial charge in [0.15, 0.2) is 0 Å². The molecule has 20 heavy (non-hydrogen) atoms. The number of fused-ring (bicyclic) bond motifs is 2. The minimum absolute atomic E-state index is 0.0879. The van der Waals surface area contributed by atoms with E-state index in [1.54, 1.807) is 18.2 Å². The number of hydrogen-bond donors (Lipinski definition) is 2. The first-order valence-corrected chi connectivity index (χ1v) is 7.09. The topological polar surface area (TPSA) is 41.5 Å². The highest BCUT2D eigenvalue weighted by Crippen LogP contribution is 2.43. The maximum atomic E-state index is 12.5. The first kappa shape index (κ1) is 13.8. The van der Waals surface area contributed by atoms with Crippen molar-refractivity contribution in [2.75, 3.05) is 0 Å². The molecule has 2 unspecified atom stereocenters. The Hall–Kier alpha value is -1.20. The maximum Gasteiger partial charge on any atom is 0.387 e. The zero-order chi connectivity index (χ0) is 14.2. The molecule has 0 spiro atoms. The molecule has 3 rings (SSSR count). The number of aliphatic hydroxyl groups is 1. The summed E-state index contributed by atoms with van der Waals surface area (Å²) >= 11 is 0. The molecule has 2 aliphatic heterocycles. The number of halogens is 2. The first-order valence-electron chi connectivity index (χ1n) is 7.09. The Morgan fingerprint density at radius 1 is 1.20 bits per heavy atom. The van der Waals surface area contributed by atoms with Gasteiger partial charge in [-0.3, -0.25) is 0 Å². The number of piperidine rings is 2. The van der Waals surface area contributed by atoms with Gasteiger partial charge in [-0.05, 0) is 31.7 Å². The lowest BCUT2D eigenvalue weighted by molar-refractivity contribution is -0.0631. The lowest BCUT2D eigenvalue weighted by Gasteiger charge is -2.45. The molecule has 0 aromatic heterocycles. The lowest BCUT2D eigenvalue weighted by Crippen LogP contribution is -2.54. The van der Waals surface area contributed by atoms with E-state index in [0.29, 0.717) is 18.4 Å². The summed E-state index contributed by atoms with van der Waals surface area (Å²) in [5.74, 6) is 0.0879. The Bertz CT molecular complexity index is 469. The van der Waals surface area contributed by atoms with Crippen molar-refractivity contribution in [3.63, 3.8) is 0 Å². The number of ether oxygens (including phenoxy) is 1. The zero-order valence-electron chi connectivity index (χ0n) is 11.2. The second-order valence-corrected chi connectivity index (χ2v) is 5.81. The van der Waals surface area contributed by atoms with E-state index >= 15 is 0 Å². The van der Waals surface area contributed by atoms with Crippen LogP contribution >= 0.6 is 0 Å². The SMILES string of the molecule is OC1(c2ccccc2OC(F)F)CC2CCCC(C1)N2. The van der Waals surface area contributed by atoms with Gasteiger partial charge in [-0.2, -0.15) is 8.78 Å². The molecule has 5 heteroatoms. The summed E-state index contributed by atoms with van der Waals surface area (Å²) in [5, 5.41) is 14.5. The highest BCUT2D eigenvalue weighted by molar-refractivity contribution is 5.39. The van der Waals surface area contributed by atoms with Crippen LogP contribution in [0.5, 0.6) is 5.75 Å². The molecular formula is C15H19F2NO2. The predicted molar refractivity (Wildman–Crippen MR) is 70.8 cm³/mol. The smallest absolute Gasteiger partial charge is 0.387 e. The van der Waals surface area contributed by atoms with Crippen LogP contribution in [0.2, 0.25) is 0 Å². The van der Waals surface area contributed by atoms with Gasteiger partial charge in [0.1, 0.15) is 5.75 Å². The Kier molecular flexibility index (Phi) is 3.65. The molecule has 110 valence electrons. The second-order valence-electron chi connectivity index (χ2n) is 5.81.